The van der Waals surface area contributed by atoms with E-state index >= 15 is 0 Å². The summed E-state index contributed by atoms with van der Waals surface area (Å²) in [6.45, 7) is 0. The maximum atomic E-state index is 13.2. The van der Waals surface area contributed by atoms with Crippen molar-refractivity contribution < 1.29 is 4.39 Å². The van der Waals surface area contributed by atoms with Crippen LogP contribution in [0.2, 0.25) is 0 Å². The van der Waals surface area contributed by atoms with Gasteiger partial charge in [-0.2, -0.15) is 5.26 Å². The minimum absolute atomic E-state index is 0.108. The molecule has 1 aromatic carbocycles. The predicted octanol–water partition coefficient (Wildman–Crippen LogP) is 0.877. The third-order valence-corrected chi connectivity index (χ3v) is 2.12. The summed E-state index contributed by atoms with van der Waals surface area (Å²) in [5, 5.41) is 8.73. The van der Waals surface area contributed by atoms with E-state index in [-0.39, 0.29) is 11.3 Å². The number of nitrogens with zero attached hydrogens (tertiary/aromatic N) is 2. The molecule has 0 unspecified atom stereocenters. The second kappa shape index (κ2) is 2.70. The summed E-state index contributed by atoms with van der Waals surface area (Å²) in [6, 6.07) is 4.34. The number of fused-ring (bicyclic) bond motifs is 1. The number of halogens is 1. The Morgan fingerprint density at radius 3 is 2.93 bits per heavy atom. The molecule has 0 saturated heterocycles. The van der Waals surface area contributed by atoms with E-state index in [1.165, 1.54) is 17.7 Å². The molecule has 0 aliphatic heterocycles. The number of benzene rings is 1. The fourth-order valence-electron chi connectivity index (χ4n) is 1.42. The largest absolute Gasteiger partial charge is 0.326 e. The van der Waals surface area contributed by atoms with Crippen LogP contribution in [0.5, 0.6) is 0 Å². The lowest BCUT2D eigenvalue weighted by molar-refractivity contribution is 0.625. The van der Waals surface area contributed by atoms with Crippen molar-refractivity contribution in [3.8, 4) is 6.07 Å². The molecule has 0 bridgehead atoms. The lowest BCUT2D eigenvalue weighted by atomic mass is 10.2. The van der Waals surface area contributed by atoms with Crippen LogP contribution in [0.25, 0.3) is 11.0 Å². The highest BCUT2D eigenvalue weighted by Gasteiger charge is 2.12. The van der Waals surface area contributed by atoms with Crippen molar-refractivity contribution in [2.45, 2.75) is 0 Å². The highest BCUT2D eigenvalue weighted by atomic mass is 19.1. The Hall–Kier alpha value is -2.09. The van der Waals surface area contributed by atoms with Gasteiger partial charge >= 0.3 is 5.69 Å². The minimum atomic E-state index is -0.616. The van der Waals surface area contributed by atoms with Gasteiger partial charge in [-0.05, 0) is 12.1 Å². The molecule has 0 aliphatic rings. The molecule has 2 aromatic rings. The molecular formula is C9H6FN3O. The first-order valence-corrected chi connectivity index (χ1v) is 3.92. The van der Waals surface area contributed by atoms with Crippen molar-refractivity contribution in [2.75, 3.05) is 0 Å². The first kappa shape index (κ1) is 8.51. The van der Waals surface area contributed by atoms with E-state index in [1.807, 2.05) is 0 Å². The Morgan fingerprint density at radius 1 is 1.57 bits per heavy atom. The molecule has 0 amide bonds. The molecule has 0 saturated carbocycles. The molecule has 5 heteroatoms. The minimum Gasteiger partial charge on any atom is -0.305 e. The van der Waals surface area contributed by atoms with Crippen LogP contribution in [0.3, 0.4) is 0 Å². The fraction of sp³-hybridized carbons (Fsp3) is 0.111. The number of aryl methyl sites for hydroxylation is 1. The smallest absolute Gasteiger partial charge is 0.305 e. The Labute approximate surface area is 78.2 Å². The van der Waals surface area contributed by atoms with E-state index in [9.17, 15) is 9.18 Å². The topological polar surface area (TPSA) is 61.6 Å². The average Bonchev–Trinajstić information content (AvgIpc) is 2.45. The normalized spacial score (nSPS) is 10.4. The van der Waals surface area contributed by atoms with E-state index in [1.54, 1.807) is 6.07 Å². The number of imidazole rings is 1. The molecule has 1 aromatic heterocycles. The van der Waals surface area contributed by atoms with Gasteiger partial charge < -0.3 is 4.98 Å². The monoisotopic (exact) mass is 191 g/mol. The highest BCUT2D eigenvalue weighted by molar-refractivity contribution is 5.81. The predicted molar refractivity (Wildman–Crippen MR) is 48.2 cm³/mol. The molecule has 14 heavy (non-hydrogen) atoms. The molecule has 0 fully saturated rings. The van der Waals surface area contributed by atoms with Gasteiger partial charge in [-0.1, -0.05) is 0 Å². The van der Waals surface area contributed by atoms with Gasteiger partial charge in [0.05, 0.1) is 11.0 Å². The van der Waals surface area contributed by atoms with Crippen molar-refractivity contribution in [3.63, 3.8) is 0 Å². The number of aromatic nitrogens is 2. The van der Waals surface area contributed by atoms with Crippen LogP contribution in [0, 0.1) is 17.1 Å². The van der Waals surface area contributed by atoms with Crippen molar-refractivity contribution in [2.24, 2.45) is 7.05 Å². The summed E-state index contributed by atoms with van der Waals surface area (Å²) < 4.78 is 14.4. The second-order valence-corrected chi connectivity index (χ2v) is 2.92. The Kier molecular flexibility index (Phi) is 1.64. The van der Waals surface area contributed by atoms with Crippen molar-refractivity contribution in [1.82, 2.24) is 9.55 Å². The average molecular weight is 191 g/mol. The van der Waals surface area contributed by atoms with Gasteiger partial charge in [0.2, 0.25) is 0 Å². The first-order chi connectivity index (χ1) is 6.65. The van der Waals surface area contributed by atoms with Crippen LogP contribution in [0.1, 0.15) is 5.56 Å². The van der Waals surface area contributed by atoms with E-state index in [0.717, 1.165) is 6.07 Å². The van der Waals surface area contributed by atoms with Crippen LogP contribution in [-0.4, -0.2) is 9.55 Å². The van der Waals surface area contributed by atoms with Gasteiger partial charge in [0.15, 0.2) is 0 Å². The number of hydrogen-bond acceptors (Lipinski definition) is 2. The molecule has 4 nitrogen and oxygen atoms in total. The Balaban J connectivity index is 3.08. The quantitative estimate of drug-likeness (QED) is 0.671. The molecule has 2 rings (SSSR count). The fourth-order valence-corrected chi connectivity index (χ4v) is 1.42. The molecule has 0 atom stereocenters. The van der Waals surface area contributed by atoms with Crippen molar-refractivity contribution >= 4 is 11.0 Å². The van der Waals surface area contributed by atoms with Crippen LogP contribution in [0.4, 0.5) is 4.39 Å². The van der Waals surface area contributed by atoms with E-state index in [0.29, 0.717) is 11.0 Å². The van der Waals surface area contributed by atoms with Crippen molar-refractivity contribution in [3.05, 3.63) is 34.0 Å². The Morgan fingerprint density at radius 2 is 2.29 bits per heavy atom. The highest BCUT2D eigenvalue weighted by Crippen LogP contribution is 2.17. The molecule has 1 N–H and O–H groups in total. The number of H-pyrrole nitrogens is 1. The summed E-state index contributed by atoms with van der Waals surface area (Å²) in [7, 11) is 1.49. The Bertz CT molecular complexity index is 603. The zero-order valence-corrected chi connectivity index (χ0v) is 7.34. The maximum Gasteiger partial charge on any atom is 0.326 e. The number of aromatic amines is 1. The number of nitrogens with one attached hydrogen (secondary N) is 1. The summed E-state index contributed by atoms with van der Waals surface area (Å²) >= 11 is 0. The molecule has 0 radical (unpaired) electrons. The molecule has 0 spiro atoms. The molecular weight excluding hydrogens is 185 g/mol. The maximum absolute atomic E-state index is 13.2. The lowest BCUT2D eigenvalue weighted by Crippen LogP contribution is -2.12. The van der Waals surface area contributed by atoms with Gasteiger partial charge in [-0.25, -0.2) is 9.18 Å². The number of nitriles is 1. The van der Waals surface area contributed by atoms with Gasteiger partial charge in [0.1, 0.15) is 17.4 Å². The standard InChI is InChI=1S/C9H6FN3O/c1-13-8-5(4-11)6(10)2-3-7(8)12-9(13)14/h2-3H,1H3,(H,12,14). The van der Waals surface area contributed by atoms with Gasteiger partial charge in [-0.3, -0.25) is 4.57 Å². The zero-order chi connectivity index (χ0) is 10.3. The summed E-state index contributed by atoms with van der Waals surface area (Å²) in [5.41, 5.74) is 0.304. The summed E-state index contributed by atoms with van der Waals surface area (Å²) in [6.07, 6.45) is 0. The van der Waals surface area contributed by atoms with E-state index < -0.39 is 5.82 Å². The lowest BCUT2D eigenvalue weighted by Gasteiger charge is -1.97. The van der Waals surface area contributed by atoms with Crippen LogP contribution < -0.4 is 5.69 Å². The van der Waals surface area contributed by atoms with Gasteiger partial charge in [-0.15, -0.1) is 0 Å². The van der Waals surface area contributed by atoms with Crippen LogP contribution >= 0.6 is 0 Å². The first-order valence-electron chi connectivity index (χ1n) is 3.92. The van der Waals surface area contributed by atoms with E-state index in [2.05, 4.69) is 4.98 Å². The summed E-state index contributed by atoms with van der Waals surface area (Å²) in [5.74, 6) is -0.616. The zero-order valence-electron chi connectivity index (χ0n) is 7.34. The molecule has 1 heterocycles. The number of rotatable bonds is 0. The SMILES string of the molecule is Cn1c(=O)[nH]c2ccc(F)c(C#N)c21. The third-order valence-electron chi connectivity index (χ3n) is 2.12. The molecule has 0 aliphatic carbocycles. The second-order valence-electron chi connectivity index (χ2n) is 2.92. The van der Waals surface area contributed by atoms with Crippen LogP contribution in [0.15, 0.2) is 16.9 Å². The third kappa shape index (κ3) is 0.941. The van der Waals surface area contributed by atoms with Crippen molar-refractivity contribution in [1.29, 1.82) is 5.26 Å². The van der Waals surface area contributed by atoms with Gasteiger partial charge in [0.25, 0.3) is 0 Å². The van der Waals surface area contributed by atoms with E-state index in [4.69, 9.17) is 5.26 Å². The summed E-state index contributed by atoms with van der Waals surface area (Å²) in [4.78, 5) is 13.7. The number of hydrogen-bond donors (Lipinski definition) is 1. The molecule has 70 valence electrons. The van der Waals surface area contributed by atoms with Gasteiger partial charge in [0, 0.05) is 7.05 Å². The van der Waals surface area contributed by atoms with Crippen LogP contribution in [-0.2, 0) is 7.05 Å².